The van der Waals surface area contributed by atoms with Crippen molar-refractivity contribution in [1.82, 2.24) is 0 Å². The second-order valence-electron chi connectivity index (χ2n) is 2.96. The van der Waals surface area contributed by atoms with Crippen LogP contribution in [0.1, 0.15) is 27.2 Å². The number of carbonyl (C=O) groups excluding carboxylic acids is 1. The van der Waals surface area contributed by atoms with E-state index in [1.807, 2.05) is 12.2 Å². The molecule has 0 spiro atoms. The standard InChI is InChI=1S/C9H17NO/c1-4-7(2)5-6-8(3)9(10)11/h5-8H,4H2,1-3H3,(H2,10,11)/b6-5+/t7-,8-/m1/s1. The first kappa shape index (κ1) is 10.2. The van der Waals surface area contributed by atoms with E-state index in [1.54, 1.807) is 6.92 Å². The van der Waals surface area contributed by atoms with E-state index in [4.69, 9.17) is 5.73 Å². The highest BCUT2D eigenvalue weighted by Crippen LogP contribution is 2.05. The summed E-state index contributed by atoms with van der Waals surface area (Å²) in [7, 11) is 0. The van der Waals surface area contributed by atoms with E-state index < -0.39 is 0 Å². The van der Waals surface area contributed by atoms with Crippen LogP contribution in [0.25, 0.3) is 0 Å². The summed E-state index contributed by atoms with van der Waals surface area (Å²) < 4.78 is 0. The van der Waals surface area contributed by atoms with Crippen molar-refractivity contribution < 1.29 is 4.79 Å². The zero-order valence-electron chi connectivity index (χ0n) is 7.50. The number of carbonyl (C=O) groups is 1. The molecule has 0 saturated carbocycles. The van der Waals surface area contributed by atoms with Crippen molar-refractivity contribution in [3.05, 3.63) is 12.2 Å². The first-order valence-electron chi connectivity index (χ1n) is 4.05. The molecule has 0 bridgehead atoms. The Hall–Kier alpha value is -0.790. The van der Waals surface area contributed by atoms with E-state index in [-0.39, 0.29) is 11.8 Å². The number of rotatable bonds is 4. The van der Waals surface area contributed by atoms with Gasteiger partial charge in [-0.1, -0.05) is 39.3 Å². The third-order valence-corrected chi connectivity index (χ3v) is 1.82. The lowest BCUT2D eigenvalue weighted by molar-refractivity contribution is -0.120. The first-order chi connectivity index (χ1) is 5.07. The van der Waals surface area contributed by atoms with Gasteiger partial charge < -0.3 is 5.73 Å². The number of hydrogen-bond donors (Lipinski definition) is 1. The monoisotopic (exact) mass is 155 g/mol. The van der Waals surface area contributed by atoms with Crippen molar-refractivity contribution in [3.8, 4) is 0 Å². The van der Waals surface area contributed by atoms with Crippen molar-refractivity contribution in [3.63, 3.8) is 0 Å². The fraction of sp³-hybridized carbons (Fsp3) is 0.667. The fourth-order valence-electron chi connectivity index (χ4n) is 0.587. The second kappa shape index (κ2) is 4.94. The molecular formula is C9H17NO. The quantitative estimate of drug-likeness (QED) is 0.617. The third-order valence-electron chi connectivity index (χ3n) is 1.82. The van der Waals surface area contributed by atoms with Crippen LogP contribution in [-0.2, 0) is 4.79 Å². The van der Waals surface area contributed by atoms with Gasteiger partial charge in [0.1, 0.15) is 0 Å². The molecule has 0 heterocycles. The normalized spacial score (nSPS) is 16.6. The number of nitrogens with two attached hydrogens (primary N) is 1. The predicted molar refractivity (Wildman–Crippen MR) is 47.0 cm³/mol. The maximum absolute atomic E-state index is 10.6. The molecular weight excluding hydrogens is 138 g/mol. The molecule has 2 N–H and O–H groups in total. The lowest BCUT2D eigenvalue weighted by Gasteiger charge is -2.02. The van der Waals surface area contributed by atoms with E-state index in [9.17, 15) is 4.79 Å². The zero-order valence-corrected chi connectivity index (χ0v) is 7.50. The molecule has 0 aromatic carbocycles. The molecule has 0 unspecified atom stereocenters. The molecule has 1 amide bonds. The van der Waals surface area contributed by atoms with Gasteiger partial charge in [-0.3, -0.25) is 4.79 Å². The van der Waals surface area contributed by atoms with Gasteiger partial charge in [0.25, 0.3) is 0 Å². The van der Waals surface area contributed by atoms with Gasteiger partial charge >= 0.3 is 0 Å². The third kappa shape index (κ3) is 4.59. The highest BCUT2D eigenvalue weighted by Gasteiger charge is 2.02. The summed E-state index contributed by atoms with van der Waals surface area (Å²) in [5, 5.41) is 0. The number of amides is 1. The smallest absolute Gasteiger partial charge is 0.224 e. The number of hydrogen-bond acceptors (Lipinski definition) is 1. The summed E-state index contributed by atoms with van der Waals surface area (Å²) in [6, 6.07) is 0. The average molecular weight is 155 g/mol. The molecule has 0 aromatic heterocycles. The Kier molecular flexibility index (Phi) is 4.59. The van der Waals surface area contributed by atoms with Crippen LogP contribution in [0.4, 0.5) is 0 Å². The molecule has 0 aromatic rings. The lowest BCUT2D eigenvalue weighted by Crippen LogP contribution is -2.18. The summed E-state index contributed by atoms with van der Waals surface area (Å²) in [5.74, 6) is 0.144. The average Bonchev–Trinajstić information content (AvgIpc) is 1.99. The maximum atomic E-state index is 10.6. The molecule has 2 heteroatoms. The van der Waals surface area contributed by atoms with Gasteiger partial charge in [-0.15, -0.1) is 0 Å². The molecule has 0 saturated heterocycles. The molecule has 0 aliphatic rings. The van der Waals surface area contributed by atoms with Gasteiger partial charge in [0.15, 0.2) is 0 Å². The van der Waals surface area contributed by atoms with Crippen molar-refractivity contribution >= 4 is 5.91 Å². The van der Waals surface area contributed by atoms with Gasteiger partial charge in [-0.2, -0.15) is 0 Å². The predicted octanol–water partition coefficient (Wildman–Crippen LogP) is 1.71. The Bertz CT molecular complexity index is 152. The van der Waals surface area contributed by atoms with Crippen LogP contribution in [0.2, 0.25) is 0 Å². The summed E-state index contributed by atoms with van der Waals surface area (Å²) in [6.07, 6.45) is 5.01. The summed E-state index contributed by atoms with van der Waals surface area (Å²) in [6.45, 7) is 6.04. The van der Waals surface area contributed by atoms with Crippen molar-refractivity contribution in [2.75, 3.05) is 0 Å². The lowest BCUT2D eigenvalue weighted by atomic mass is 10.1. The van der Waals surface area contributed by atoms with Crippen LogP contribution in [0.5, 0.6) is 0 Å². The van der Waals surface area contributed by atoms with Crippen LogP contribution in [-0.4, -0.2) is 5.91 Å². The molecule has 0 fully saturated rings. The Morgan fingerprint density at radius 3 is 2.36 bits per heavy atom. The fourth-order valence-corrected chi connectivity index (χ4v) is 0.587. The van der Waals surface area contributed by atoms with Gasteiger partial charge in [-0.25, -0.2) is 0 Å². The number of allylic oxidation sites excluding steroid dienone is 1. The van der Waals surface area contributed by atoms with E-state index in [0.29, 0.717) is 5.92 Å². The zero-order chi connectivity index (χ0) is 8.85. The van der Waals surface area contributed by atoms with Crippen LogP contribution in [0.3, 0.4) is 0 Å². The van der Waals surface area contributed by atoms with Gasteiger partial charge in [-0.05, 0) is 5.92 Å². The van der Waals surface area contributed by atoms with Crippen LogP contribution >= 0.6 is 0 Å². The van der Waals surface area contributed by atoms with Crippen molar-refractivity contribution in [2.45, 2.75) is 27.2 Å². The van der Waals surface area contributed by atoms with Gasteiger partial charge in [0.05, 0.1) is 5.92 Å². The van der Waals surface area contributed by atoms with Crippen molar-refractivity contribution in [1.29, 1.82) is 0 Å². The minimum atomic E-state index is -0.260. The molecule has 0 radical (unpaired) electrons. The minimum absolute atomic E-state index is 0.135. The Balaban J connectivity index is 3.82. The maximum Gasteiger partial charge on any atom is 0.224 e. The van der Waals surface area contributed by atoms with E-state index >= 15 is 0 Å². The Morgan fingerprint density at radius 1 is 1.45 bits per heavy atom. The molecule has 0 aliphatic carbocycles. The van der Waals surface area contributed by atoms with Gasteiger partial charge in [0.2, 0.25) is 5.91 Å². The molecule has 0 aliphatic heterocycles. The summed E-state index contributed by atoms with van der Waals surface area (Å²) >= 11 is 0. The molecule has 2 atom stereocenters. The van der Waals surface area contributed by atoms with Gasteiger partial charge in [0, 0.05) is 0 Å². The van der Waals surface area contributed by atoms with E-state index in [0.717, 1.165) is 6.42 Å². The molecule has 2 nitrogen and oxygen atoms in total. The first-order valence-corrected chi connectivity index (χ1v) is 4.05. The van der Waals surface area contributed by atoms with E-state index in [2.05, 4.69) is 13.8 Å². The molecule has 11 heavy (non-hydrogen) atoms. The largest absolute Gasteiger partial charge is 0.369 e. The SMILES string of the molecule is CC[C@@H](C)/C=C/[C@@H](C)C(N)=O. The summed E-state index contributed by atoms with van der Waals surface area (Å²) in [5.41, 5.74) is 5.07. The van der Waals surface area contributed by atoms with Crippen LogP contribution in [0, 0.1) is 11.8 Å². The Morgan fingerprint density at radius 2 is 2.00 bits per heavy atom. The van der Waals surface area contributed by atoms with Crippen molar-refractivity contribution in [2.24, 2.45) is 17.6 Å². The van der Waals surface area contributed by atoms with Crippen LogP contribution in [0.15, 0.2) is 12.2 Å². The second-order valence-corrected chi connectivity index (χ2v) is 2.96. The molecule has 64 valence electrons. The number of primary amides is 1. The Labute approximate surface area is 68.5 Å². The summed E-state index contributed by atoms with van der Waals surface area (Å²) in [4.78, 5) is 10.6. The molecule has 0 rings (SSSR count). The van der Waals surface area contributed by atoms with E-state index in [1.165, 1.54) is 0 Å². The topological polar surface area (TPSA) is 43.1 Å². The highest BCUT2D eigenvalue weighted by atomic mass is 16.1. The highest BCUT2D eigenvalue weighted by molar-refractivity contribution is 5.77. The van der Waals surface area contributed by atoms with Crippen LogP contribution < -0.4 is 5.73 Å². The minimum Gasteiger partial charge on any atom is -0.369 e.